The summed E-state index contributed by atoms with van der Waals surface area (Å²) in [4.78, 5) is 42.1. The van der Waals surface area contributed by atoms with E-state index in [9.17, 15) is 14.4 Å². The first-order valence-corrected chi connectivity index (χ1v) is 9.08. The maximum atomic E-state index is 12.5. The Morgan fingerprint density at radius 1 is 1.44 bits per heavy atom. The second kappa shape index (κ2) is 6.95. The van der Waals surface area contributed by atoms with Gasteiger partial charge in [-0.25, -0.2) is 4.98 Å². The summed E-state index contributed by atoms with van der Waals surface area (Å²) >= 11 is 1.45. The highest BCUT2D eigenvalue weighted by molar-refractivity contribution is 7.18. The number of nitrogens with zero attached hydrogens (tertiary/aromatic N) is 2. The first-order chi connectivity index (χ1) is 11.9. The zero-order valence-corrected chi connectivity index (χ0v) is 15.3. The van der Waals surface area contributed by atoms with Gasteiger partial charge in [-0.1, -0.05) is 0 Å². The molecule has 1 amide bonds. The second-order valence-corrected chi connectivity index (χ2v) is 7.70. The third-order valence-corrected chi connectivity index (χ3v) is 5.65. The maximum absolute atomic E-state index is 12.5. The van der Waals surface area contributed by atoms with Gasteiger partial charge in [0.25, 0.3) is 11.5 Å². The van der Waals surface area contributed by atoms with E-state index in [-0.39, 0.29) is 30.7 Å². The van der Waals surface area contributed by atoms with Gasteiger partial charge in [-0.15, -0.1) is 11.3 Å². The Morgan fingerprint density at radius 2 is 2.16 bits per heavy atom. The topological polar surface area (TPSA) is 90.3 Å². The van der Waals surface area contributed by atoms with Gasteiger partial charge >= 0.3 is 5.97 Å². The number of carbonyl (C=O) groups excluding carboxylic acids is 2. The summed E-state index contributed by atoms with van der Waals surface area (Å²) in [6, 6.07) is 0.102. The Hall–Kier alpha value is -2.22. The smallest absolute Gasteiger partial charge is 0.326 e. The molecule has 2 aromatic heterocycles. The van der Waals surface area contributed by atoms with Gasteiger partial charge in [0.2, 0.25) is 0 Å². The molecule has 1 saturated carbocycles. The quantitative estimate of drug-likeness (QED) is 0.786. The number of thiophene rings is 1. The molecule has 3 rings (SSSR count). The third-order valence-electron chi connectivity index (χ3n) is 4.54. The first-order valence-electron chi connectivity index (χ1n) is 8.27. The summed E-state index contributed by atoms with van der Waals surface area (Å²) < 4.78 is 6.19. The van der Waals surface area contributed by atoms with E-state index in [4.69, 9.17) is 4.74 Å². The van der Waals surface area contributed by atoms with Crippen molar-refractivity contribution in [3.8, 4) is 0 Å². The summed E-state index contributed by atoms with van der Waals surface area (Å²) in [6.45, 7) is 5.15. The van der Waals surface area contributed by atoms with E-state index in [1.165, 1.54) is 22.2 Å². The predicted molar refractivity (Wildman–Crippen MR) is 94.6 cm³/mol. The number of rotatable bonds is 6. The molecule has 1 fully saturated rings. The summed E-state index contributed by atoms with van der Waals surface area (Å²) in [5.74, 6) is -0.423. The van der Waals surface area contributed by atoms with Gasteiger partial charge in [0.1, 0.15) is 11.4 Å². The van der Waals surface area contributed by atoms with Crippen molar-refractivity contribution in [2.45, 2.75) is 46.2 Å². The molecular weight excluding hydrogens is 342 g/mol. The maximum Gasteiger partial charge on any atom is 0.326 e. The molecule has 0 saturated heterocycles. The van der Waals surface area contributed by atoms with Gasteiger partial charge in [-0.3, -0.25) is 19.0 Å². The molecule has 8 heteroatoms. The molecule has 0 bridgehead atoms. The molecule has 0 aliphatic heterocycles. The number of aromatic nitrogens is 2. The highest BCUT2D eigenvalue weighted by Gasteiger charge is 2.29. The van der Waals surface area contributed by atoms with Crippen molar-refractivity contribution in [2.24, 2.45) is 5.92 Å². The molecule has 1 aliphatic rings. The minimum atomic E-state index is -0.637. The van der Waals surface area contributed by atoms with Crippen molar-refractivity contribution in [3.05, 3.63) is 27.1 Å². The summed E-state index contributed by atoms with van der Waals surface area (Å²) in [6.07, 6.45) is 3.60. The fourth-order valence-corrected chi connectivity index (χ4v) is 3.71. The van der Waals surface area contributed by atoms with Gasteiger partial charge in [-0.05, 0) is 45.1 Å². The Morgan fingerprint density at radius 3 is 2.84 bits per heavy atom. The van der Waals surface area contributed by atoms with Gasteiger partial charge in [-0.2, -0.15) is 0 Å². The van der Waals surface area contributed by atoms with E-state index in [0.29, 0.717) is 16.1 Å². The standard InChI is InChI=1S/C17H21N3O4S/c1-9-11(3)25-16-15(9)17(23)20(8-18-16)6-14(22)24-7-13(21)19-10(2)12-4-5-12/h8,10,12H,4-7H2,1-3H3,(H,19,21)/t10-/m0/s1. The predicted octanol–water partition coefficient (Wildman–Crippen LogP) is 1.53. The number of carbonyl (C=O) groups is 2. The number of ether oxygens (including phenoxy) is 1. The lowest BCUT2D eigenvalue weighted by molar-refractivity contribution is -0.149. The van der Waals surface area contributed by atoms with Crippen LogP contribution in [0.25, 0.3) is 10.2 Å². The van der Waals surface area contributed by atoms with E-state index < -0.39 is 5.97 Å². The second-order valence-electron chi connectivity index (χ2n) is 6.50. The number of amides is 1. The largest absolute Gasteiger partial charge is 0.454 e. The van der Waals surface area contributed by atoms with E-state index in [2.05, 4.69) is 10.3 Å². The van der Waals surface area contributed by atoms with E-state index in [1.54, 1.807) is 0 Å². The van der Waals surface area contributed by atoms with Crippen LogP contribution in [0.3, 0.4) is 0 Å². The van der Waals surface area contributed by atoms with E-state index in [1.807, 2.05) is 20.8 Å². The Kier molecular flexibility index (Phi) is 4.89. The number of hydrogen-bond donors (Lipinski definition) is 1. The van der Waals surface area contributed by atoms with Crippen LogP contribution < -0.4 is 10.9 Å². The van der Waals surface area contributed by atoms with Crippen molar-refractivity contribution in [1.29, 1.82) is 0 Å². The number of esters is 1. The van der Waals surface area contributed by atoms with Crippen molar-refractivity contribution in [2.75, 3.05) is 6.61 Å². The molecule has 0 aromatic carbocycles. The van der Waals surface area contributed by atoms with E-state index >= 15 is 0 Å². The molecule has 7 nitrogen and oxygen atoms in total. The van der Waals surface area contributed by atoms with Crippen LogP contribution in [-0.2, 0) is 20.9 Å². The number of aryl methyl sites for hydroxylation is 2. The summed E-state index contributed by atoms with van der Waals surface area (Å²) in [7, 11) is 0. The molecule has 2 heterocycles. The molecule has 0 unspecified atom stereocenters. The van der Waals surface area contributed by atoms with Gasteiger partial charge in [0.15, 0.2) is 6.61 Å². The zero-order chi connectivity index (χ0) is 18.1. The molecule has 1 aliphatic carbocycles. The minimum absolute atomic E-state index is 0.102. The lowest BCUT2D eigenvalue weighted by Gasteiger charge is -2.13. The normalized spacial score (nSPS) is 15.2. The van der Waals surface area contributed by atoms with Crippen LogP contribution in [0.15, 0.2) is 11.1 Å². The molecule has 0 radical (unpaired) electrons. The highest BCUT2D eigenvalue weighted by atomic mass is 32.1. The van der Waals surface area contributed by atoms with Crippen LogP contribution in [0.1, 0.15) is 30.2 Å². The van der Waals surface area contributed by atoms with Crippen LogP contribution >= 0.6 is 11.3 Å². The van der Waals surface area contributed by atoms with Crippen LogP contribution in [-0.4, -0.2) is 34.1 Å². The molecule has 1 N–H and O–H groups in total. The number of hydrogen-bond acceptors (Lipinski definition) is 6. The monoisotopic (exact) mass is 363 g/mol. The lowest BCUT2D eigenvalue weighted by Crippen LogP contribution is -2.37. The summed E-state index contributed by atoms with van der Waals surface area (Å²) in [5.41, 5.74) is 0.615. The average Bonchev–Trinajstić information content (AvgIpc) is 3.36. The molecule has 2 aromatic rings. The number of fused-ring (bicyclic) bond motifs is 1. The van der Waals surface area contributed by atoms with Gasteiger partial charge in [0, 0.05) is 10.9 Å². The van der Waals surface area contributed by atoms with Crippen LogP contribution in [0.2, 0.25) is 0 Å². The lowest BCUT2D eigenvalue weighted by atomic mass is 10.2. The Bertz CT molecular complexity index is 882. The molecule has 134 valence electrons. The van der Waals surface area contributed by atoms with Crippen LogP contribution in [0, 0.1) is 19.8 Å². The molecule has 0 spiro atoms. The van der Waals surface area contributed by atoms with Crippen molar-refractivity contribution in [1.82, 2.24) is 14.9 Å². The zero-order valence-electron chi connectivity index (χ0n) is 14.5. The number of nitrogens with one attached hydrogen (secondary N) is 1. The fraction of sp³-hybridized carbons (Fsp3) is 0.529. The van der Waals surface area contributed by atoms with Crippen molar-refractivity contribution >= 4 is 33.4 Å². The summed E-state index contributed by atoms with van der Waals surface area (Å²) in [5, 5.41) is 3.35. The Labute approximate surface area is 149 Å². The average molecular weight is 363 g/mol. The Balaban J connectivity index is 1.60. The minimum Gasteiger partial charge on any atom is -0.454 e. The molecule has 25 heavy (non-hydrogen) atoms. The molecular formula is C17H21N3O4S. The van der Waals surface area contributed by atoms with Crippen LogP contribution in [0.4, 0.5) is 0 Å². The SMILES string of the molecule is Cc1sc2ncn(CC(=O)OCC(=O)N[C@@H](C)C3CC3)c(=O)c2c1C. The van der Waals surface area contributed by atoms with Crippen LogP contribution in [0.5, 0.6) is 0 Å². The third kappa shape index (κ3) is 3.89. The first kappa shape index (κ1) is 17.6. The van der Waals surface area contributed by atoms with Crippen molar-refractivity contribution in [3.63, 3.8) is 0 Å². The van der Waals surface area contributed by atoms with Crippen molar-refractivity contribution < 1.29 is 14.3 Å². The fourth-order valence-electron chi connectivity index (χ4n) is 2.72. The highest BCUT2D eigenvalue weighted by Crippen LogP contribution is 2.32. The molecule has 1 atom stereocenters. The van der Waals surface area contributed by atoms with E-state index in [0.717, 1.165) is 23.3 Å². The van der Waals surface area contributed by atoms with Gasteiger partial charge < -0.3 is 10.1 Å². The van der Waals surface area contributed by atoms with Gasteiger partial charge in [0.05, 0.1) is 11.7 Å².